The van der Waals surface area contributed by atoms with Crippen LogP contribution in [-0.4, -0.2) is 51.5 Å². The van der Waals surface area contributed by atoms with Crippen molar-refractivity contribution in [2.45, 2.75) is 25.5 Å². The van der Waals surface area contributed by atoms with Crippen LogP contribution < -0.4 is 15.4 Å². The fourth-order valence-electron chi connectivity index (χ4n) is 3.50. The predicted octanol–water partition coefficient (Wildman–Crippen LogP) is 0.958. The smallest absolute Gasteiger partial charge is 0.475 e. The molecule has 2 aromatic carbocycles. The maximum atomic E-state index is 12.8. The van der Waals surface area contributed by atoms with E-state index in [2.05, 4.69) is 15.6 Å². The molecule has 3 rings (SSSR count). The largest absolute Gasteiger partial charge is 0.478 e. The molecule has 180 valence electrons. The molecule has 0 saturated heterocycles. The molecule has 35 heavy (non-hydrogen) atoms. The lowest BCUT2D eigenvalue weighted by Gasteiger charge is -2.20. The standard InChI is InChI=1S/C24H24BN3O7/c29-15-35-22-18(6-2-8-20(22)24(31)32)11-21(25(33)34)28-23(30)19-7-1-4-16(10-19)12-27-14-17-5-3-9-26-13-17/h1-10,13,15,21,27,33-34H,11-12,14H2,(H,28,30)(H,31,32)/t21-/m0/s1. The number of nitrogens with zero attached hydrogens (tertiary/aromatic N) is 1. The van der Waals surface area contributed by atoms with Gasteiger partial charge in [-0.25, -0.2) is 4.79 Å². The van der Waals surface area contributed by atoms with Gasteiger partial charge in [0.2, 0.25) is 0 Å². The first kappa shape index (κ1) is 25.6. The number of hydrogen-bond acceptors (Lipinski definition) is 8. The SMILES string of the molecule is O=COc1c(C[C@H](NC(=O)c2cccc(CNCc3cccnc3)c2)B(O)O)cccc1C(=O)O. The third-order valence-electron chi connectivity index (χ3n) is 5.18. The Morgan fingerprint density at radius 2 is 1.80 bits per heavy atom. The van der Waals surface area contributed by atoms with Gasteiger partial charge in [0, 0.05) is 31.0 Å². The van der Waals surface area contributed by atoms with Crippen LogP contribution in [0.4, 0.5) is 0 Å². The van der Waals surface area contributed by atoms with Gasteiger partial charge in [-0.05, 0) is 47.4 Å². The quantitative estimate of drug-likeness (QED) is 0.189. The second-order valence-corrected chi connectivity index (χ2v) is 7.68. The Morgan fingerprint density at radius 3 is 2.49 bits per heavy atom. The van der Waals surface area contributed by atoms with E-state index in [1.165, 1.54) is 18.2 Å². The summed E-state index contributed by atoms with van der Waals surface area (Å²) in [6.07, 6.45) is 3.26. The molecule has 0 bridgehead atoms. The molecule has 0 fully saturated rings. The van der Waals surface area contributed by atoms with Gasteiger partial charge < -0.3 is 30.5 Å². The third kappa shape index (κ3) is 7.21. The minimum Gasteiger partial charge on any atom is -0.478 e. The summed E-state index contributed by atoms with van der Waals surface area (Å²) in [5, 5.41) is 34.8. The minimum atomic E-state index is -1.96. The number of nitrogens with one attached hydrogen (secondary N) is 2. The van der Waals surface area contributed by atoms with E-state index >= 15 is 0 Å². The number of carboxylic acid groups (broad SMARTS) is 1. The van der Waals surface area contributed by atoms with E-state index in [4.69, 9.17) is 4.74 Å². The highest BCUT2D eigenvalue weighted by Crippen LogP contribution is 2.25. The average molecular weight is 477 g/mol. The molecular formula is C24H24BN3O7. The maximum Gasteiger partial charge on any atom is 0.475 e. The average Bonchev–Trinajstić information content (AvgIpc) is 2.85. The summed E-state index contributed by atoms with van der Waals surface area (Å²) in [7, 11) is -1.96. The van der Waals surface area contributed by atoms with Crippen molar-refractivity contribution >= 4 is 25.5 Å². The summed E-state index contributed by atoms with van der Waals surface area (Å²) in [5.41, 5.74) is 2.12. The van der Waals surface area contributed by atoms with Crippen molar-refractivity contribution in [3.63, 3.8) is 0 Å². The fourth-order valence-corrected chi connectivity index (χ4v) is 3.50. The van der Waals surface area contributed by atoms with Gasteiger partial charge in [0.1, 0.15) is 11.3 Å². The van der Waals surface area contributed by atoms with Crippen molar-refractivity contribution in [3.05, 3.63) is 94.8 Å². The Labute approximate surface area is 201 Å². The van der Waals surface area contributed by atoms with Gasteiger partial charge in [-0.2, -0.15) is 0 Å². The molecule has 11 heteroatoms. The highest BCUT2D eigenvalue weighted by molar-refractivity contribution is 6.43. The maximum absolute atomic E-state index is 12.8. The zero-order valence-electron chi connectivity index (χ0n) is 18.6. The number of pyridine rings is 1. The minimum absolute atomic E-state index is 0.0854. The highest BCUT2D eigenvalue weighted by Gasteiger charge is 2.28. The first-order valence-corrected chi connectivity index (χ1v) is 10.7. The molecule has 1 heterocycles. The van der Waals surface area contributed by atoms with Crippen molar-refractivity contribution in [2.75, 3.05) is 0 Å². The van der Waals surface area contributed by atoms with Gasteiger partial charge in [0.25, 0.3) is 12.4 Å². The van der Waals surface area contributed by atoms with Crippen LogP contribution in [0.5, 0.6) is 5.75 Å². The van der Waals surface area contributed by atoms with Crippen LogP contribution in [0.3, 0.4) is 0 Å². The molecule has 1 amide bonds. The first-order chi connectivity index (χ1) is 16.9. The Bertz CT molecular complexity index is 1170. The number of amides is 1. The summed E-state index contributed by atoms with van der Waals surface area (Å²) in [4.78, 5) is 39.2. The van der Waals surface area contributed by atoms with E-state index < -0.39 is 24.9 Å². The van der Waals surface area contributed by atoms with Gasteiger partial charge >= 0.3 is 13.1 Å². The van der Waals surface area contributed by atoms with Crippen LogP contribution in [0.2, 0.25) is 0 Å². The van der Waals surface area contributed by atoms with Crippen LogP contribution in [0.25, 0.3) is 0 Å². The lowest BCUT2D eigenvalue weighted by molar-refractivity contribution is -0.120. The van der Waals surface area contributed by atoms with Gasteiger partial charge in [0.05, 0.1) is 5.94 Å². The van der Waals surface area contributed by atoms with E-state index in [1.54, 1.807) is 30.6 Å². The molecule has 0 radical (unpaired) electrons. The van der Waals surface area contributed by atoms with Gasteiger partial charge in [-0.3, -0.25) is 14.6 Å². The van der Waals surface area contributed by atoms with Gasteiger partial charge in [-0.1, -0.05) is 30.3 Å². The zero-order valence-corrected chi connectivity index (χ0v) is 18.6. The molecule has 0 saturated carbocycles. The second kappa shape index (κ2) is 12.4. The zero-order chi connectivity index (χ0) is 25.2. The number of ether oxygens (including phenoxy) is 1. The van der Waals surface area contributed by atoms with Crippen LogP contribution in [-0.2, 0) is 24.3 Å². The van der Waals surface area contributed by atoms with Gasteiger partial charge in [-0.15, -0.1) is 0 Å². The van der Waals surface area contributed by atoms with Crippen molar-refractivity contribution in [3.8, 4) is 5.75 Å². The van der Waals surface area contributed by atoms with Crippen LogP contribution in [0.1, 0.15) is 37.4 Å². The van der Waals surface area contributed by atoms with Gasteiger partial charge in [0.15, 0.2) is 0 Å². The molecule has 0 unspecified atom stereocenters. The summed E-state index contributed by atoms with van der Waals surface area (Å²) in [5.74, 6) is -3.29. The number of carbonyl (C=O) groups is 3. The molecule has 1 atom stereocenters. The van der Waals surface area contributed by atoms with Crippen LogP contribution >= 0.6 is 0 Å². The summed E-state index contributed by atoms with van der Waals surface area (Å²) in [6.45, 7) is 1.18. The number of para-hydroxylation sites is 1. The number of aromatic carboxylic acids is 1. The Balaban J connectivity index is 1.69. The third-order valence-corrected chi connectivity index (χ3v) is 5.18. The molecule has 0 aliphatic rings. The van der Waals surface area contributed by atoms with E-state index in [0.717, 1.165) is 11.1 Å². The number of carboxylic acids is 1. The number of carbonyl (C=O) groups excluding carboxylic acids is 2. The normalized spacial score (nSPS) is 11.4. The van der Waals surface area contributed by atoms with E-state index in [1.807, 2.05) is 18.2 Å². The lowest BCUT2D eigenvalue weighted by atomic mass is 9.75. The molecule has 0 aliphatic heterocycles. The van der Waals surface area contributed by atoms with E-state index in [-0.39, 0.29) is 29.8 Å². The Hall–Kier alpha value is -4.06. The van der Waals surface area contributed by atoms with Crippen molar-refractivity contribution in [1.29, 1.82) is 0 Å². The molecule has 5 N–H and O–H groups in total. The molecular weight excluding hydrogens is 453 g/mol. The molecule has 0 aliphatic carbocycles. The van der Waals surface area contributed by atoms with E-state index in [9.17, 15) is 29.5 Å². The number of rotatable bonds is 12. The summed E-state index contributed by atoms with van der Waals surface area (Å²) >= 11 is 0. The fraction of sp³-hybridized carbons (Fsp3) is 0.167. The van der Waals surface area contributed by atoms with Crippen LogP contribution in [0, 0.1) is 0 Å². The van der Waals surface area contributed by atoms with Crippen molar-refractivity contribution in [2.24, 2.45) is 0 Å². The molecule has 1 aromatic heterocycles. The lowest BCUT2D eigenvalue weighted by Crippen LogP contribution is -2.48. The Kier molecular flexibility index (Phi) is 9.07. The van der Waals surface area contributed by atoms with Crippen molar-refractivity contribution < 1.29 is 34.3 Å². The second-order valence-electron chi connectivity index (χ2n) is 7.68. The Morgan fingerprint density at radius 1 is 1.06 bits per heavy atom. The molecule has 10 nitrogen and oxygen atoms in total. The molecule has 0 spiro atoms. The predicted molar refractivity (Wildman–Crippen MR) is 126 cm³/mol. The number of benzene rings is 2. The topological polar surface area (TPSA) is 158 Å². The highest BCUT2D eigenvalue weighted by atomic mass is 16.5. The van der Waals surface area contributed by atoms with E-state index in [0.29, 0.717) is 18.7 Å². The number of hydrogen-bond donors (Lipinski definition) is 5. The summed E-state index contributed by atoms with van der Waals surface area (Å²) < 4.78 is 4.84. The first-order valence-electron chi connectivity index (χ1n) is 10.7. The number of aromatic nitrogens is 1. The molecule has 3 aromatic rings. The summed E-state index contributed by atoms with van der Waals surface area (Å²) in [6, 6.07) is 14.8. The van der Waals surface area contributed by atoms with Crippen LogP contribution in [0.15, 0.2) is 67.0 Å². The monoisotopic (exact) mass is 477 g/mol. The van der Waals surface area contributed by atoms with Crippen molar-refractivity contribution in [1.82, 2.24) is 15.6 Å².